The van der Waals surface area contributed by atoms with Gasteiger partial charge in [0.25, 0.3) is 0 Å². The highest BCUT2D eigenvalue weighted by atomic mass is 19.1. The van der Waals surface area contributed by atoms with Gasteiger partial charge >= 0.3 is 12.0 Å². The highest BCUT2D eigenvalue weighted by Gasteiger charge is 2.39. The van der Waals surface area contributed by atoms with Crippen molar-refractivity contribution in [2.45, 2.75) is 6.04 Å². The van der Waals surface area contributed by atoms with Gasteiger partial charge in [0.05, 0.1) is 17.3 Å². The number of anilines is 1. The molecule has 0 aliphatic carbocycles. The van der Waals surface area contributed by atoms with E-state index in [0.29, 0.717) is 19.6 Å². The first-order valence-corrected chi connectivity index (χ1v) is 6.39. The number of nitrogens with zero attached hydrogens (tertiary/aromatic N) is 2. The minimum absolute atomic E-state index is 0.0369. The lowest BCUT2D eigenvalue weighted by atomic mass is 10.2. The number of aromatic carboxylic acids is 1. The molecule has 7 heteroatoms. The normalized spacial score (nSPS) is 22.1. The summed E-state index contributed by atoms with van der Waals surface area (Å²) >= 11 is 0. The molecule has 2 amide bonds. The molecule has 2 aliphatic rings. The molecule has 0 bridgehead atoms. The van der Waals surface area contributed by atoms with E-state index in [1.807, 2.05) is 0 Å². The minimum Gasteiger partial charge on any atom is -0.478 e. The van der Waals surface area contributed by atoms with Crippen LogP contribution in [-0.2, 0) is 0 Å². The Labute approximate surface area is 114 Å². The number of rotatable bonds is 2. The van der Waals surface area contributed by atoms with Crippen molar-refractivity contribution < 1.29 is 19.1 Å². The number of carboxylic acid groups (broad SMARTS) is 1. The van der Waals surface area contributed by atoms with E-state index in [2.05, 4.69) is 5.32 Å². The number of carboxylic acids is 1. The van der Waals surface area contributed by atoms with Crippen molar-refractivity contribution in [2.75, 3.05) is 31.1 Å². The number of hydrogen-bond donors (Lipinski definition) is 2. The van der Waals surface area contributed by atoms with Crippen LogP contribution in [0.2, 0.25) is 0 Å². The van der Waals surface area contributed by atoms with Crippen LogP contribution in [0.3, 0.4) is 0 Å². The Hall–Kier alpha value is -2.15. The molecule has 2 fully saturated rings. The molecule has 1 atom stereocenters. The van der Waals surface area contributed by atoms with Gasteiger partial charge in [-0.25, -0.2) is 14.0 Å². The van der Waals surface area contributed by atoms with Crippen LogP contribution in [0.4, 0.5) is 14.9 Å². The number of fused-ring (bicyclic) bond motifs is 1. The summed E-state index contributed by atoms with van der Waals surface area (Å²) in [4.78, 5) is 26.1. The summed E-state index contributed by atoms with van der Waals surface area (Å²) in [5.41, 5.74) is 0.00619. The van der Waals surface area contributed by atoms with E-state index in [1.54, 1.807) is 4.90 Å². The van der Waals surface area contributed by atoms with Crippen molar-refractivity contribution in [1.82, 2.24) is 10.2 Å². The zero-order chi connectivity index (χ0) is 14.3. The summed E-state index contributed by atoms with van der Waals surface area (Å²) in [6.07, 6.45) is 0. The number of nitrogens with one attached hydrogen (secondary N) is 1. The zero-order valence-corrected chi connectivity index (χ0v) is 10.7. The van der Waals surface area contributed by atoms with Crippen LogP contribution < -0.4 is 10.2 Å². The Morgan fingerprint density at radius 3 is 2.90 bits per heavy atom. The number of hydrogen-bond acceptors (Lipinski definition) is 3. The molecule has 3 rings (SSSR count). The second kappa shape index (κ2) is 4.75. The Morgan fingerprint density at radius 2 is 2.25 bits per heavy atom. The van der Waals surface area contributed by atoms with Gasteiger partial charge in [0.15, 0.2) is 0 Å². The molecule has 0 saturated carbocycles. The summed E-state index contributed by atoms with van der Waals surface area (Å²) in [5, 5.41) is 12.0. The first-order valence-electron chi connectivity index (χ1n) is 6.39. The summed E-state index contributed by atoms with van der Waals surface area (Å²) in [7, 11) is 0. The Kier molecular flexibility index (Phi) is 3.06. The van der Waals surface area contributed by atoms with E-state index in [4.69, 9.17) is 5.11 Å². The second-order valence-corrected chi connectivity index (χ2v) is 4.92. The maximum Gasteiger partial charge on any atom is 0.335 e. The lowest BCUT2D eigenvalue weighted by Gasteiger charge is -2.28. The molecule has 6 nitrogen and oxygen atoms in total. The Morgan fingerprint density at radius 1 is 1.45 bits per heavy atom. The molecule has 0 radical (unpaired) electrons. The topological polar surface area (TPSA) is 72.9 Å². The van der Waals surface area contributed by atoms with Crippen LogP contribution in [0.25, 0.3) is 0 Å². The number of benzene rings is 1. The molecule has 2 saturated heterocycles. The van der Waals surface area contributed by atoms with E-state index < -0.39 is 11.8 Å². The fourth-order valence-electron chi connectivity index (χ4n) is 2.68. The summed E-state index contributed by atoms with van der Waals surface area (Å²) in [5.74, 6) is -1.88. The molecule has 0 unspecified atom stereocenters. The SMILES string of the molecule is O=C(O)c1ccc(N2C[C@@H]3CNCCN3C2=O)c(F)c1. The summed E-state index contributed by atoms with van der Waals surface area (Å²) in [6, 6.07) is 3.42. The lowest BCUT2D eigenvalue weighted by Crippen LogP contribution is -2.49. The van der Waals surface area contributed by atoms with E-state index in [1.165, 1.54) is 17.0 Å². The minimum atomic E-state index is -1.19. The molecular weight excluding hydrogens is 265 g/mol. The predicted molar refractivity (Wildman–Crippen MR) is 69.5 cm³/mol. The predicted octanol–water partition coefficient (Wildman–Crippen LogP) is 0.738. The fourth-order valence-corrected chi connectivity index (χ4v) is 2.68. The van der Waals surface area contributed by atoms with Crippen LogP contribution in [0.15, 0.2) is 18.2 Å². The van der Waals surface area contributed by atoms with Crippen molar-refractivity contribution in [2.24, 2.45) is 0 Å². The van der Waals surface area contributed by atoms with Gasteiger partial charge in [0, 0.05) is 26.2 Å². The monoisotopic (exact) mass is 279 g/mol. The first kappa shape index (κ1) is 12.9. The maximum absolute atomic E-state index is 14.0. The average Bonchev–Trinajstić information content (AvgIpc) is 2.76. The van der Waals surface area contributed by atoms with Gasteiger partial charge in [-0.3, -0.25) is 4.90 Å². The molecule has 20 heavy (non-hydrogen) atoms. The van der Waals surface area contributed by atoms with E-state index >= 15 is 0 Å². The summed E-state index contributed by atoms with van der Waals surface area (Å²) < 4.78 is 14.0. The van der Waals surface area contributed by atoms with Gasteiger partial charge < -0.3 is 15.3 Å². The van der Waals surface area contributed by atoms with Crippen LogP contribution in [0.1, 0.15) is 10.4 Å². The second-order valence-electron chi connectivity index (χ2n) is 4.92. The average molecular weight is 279 g/mol. The van der Waals surface area contributed by atoms with Crippen LogP contribution in [0.5, 0.6) is 0 Å². The third kappa shape index (κ3) is 2.00. The lowest BCUT2D eigenvalue weighted by molar-refractivity contribution is 0.0696. The highest BCUT2D eigenvalue weighted by Crippen LogP contribution is 2.27. The molecule has 2 aliphatic heterocycles. The van der Waals surface area contributed by atoms with Crippen molar-refractivity contribution in [3.63, 3.8) is 0 Å². The van der Waals surface area contributed by atoms with E-state index in [9.17, 15) is 14.0 Å². The van der Waals surface area contributed by atoms with E-state index in [-0.39, 0.29) is 23.3 Å². The van der Waals surface area contributed by atoms with Crippen molar-refractivity contribution in [1.29, 1.82) is 0 Å². The number of piperazine rings is 1. The van der Waals surface area contributed by atoms with Gasteiger partial charge in [0.1, 0.15) is 5.82 Å². The largest absolute Gasteiger partial charge is 0.478 e. The maximum atomic E-state index is 14.0. The van der Waals surface area contributed by atoms with Crippen LogP contribution >= 0.6 is 0 Å². The molecule has 1 aromatic carbocycles. The van der Waals surface area contributed by atoms with Gasteiger partial charge in [0.2, 0.25) is 0 Å². The molecule has 2 N–H and O–H groups in total. The van der Waals surface area contributed by atoms with Gasteiger partial charge in [-0.15, -0.1) is 0 Å². The van der Waals surface area contributed by atoms with Gasteiger partial charge in [-0.1, -0.05) is 0 Å². The molecular formula is C13H14FN3O3. The zero-order valence-electron chi connectivity index (χ0n) is 10.7. The standard InChI is InChI=1S/C13H14FN3O3/c14-10-5-8(12(18)19)1-2-11(10)17-7-9-6-15-3-4-16(9)13(17)20/h1-2,5,9,15H,3-4,6-7H2,(H,18,19)/t9-/m0/s1. The summed E-state index contributed by atoms with van der Waals surface area (Å²) in [6.45, 7) is 2.44. The Balaban J connectivity index is 1.90. The first-order chi connectivity index (χ1) is 9.58. The fraction of sp³-hybridized carbons (Fsp3) is 0.385. The van der Waals surface area contributed by atoms with Gasteiger partial charge in [-0.2, -0.15) is 0 Å². The van der Waals surface area contributed by atoms with Crippen molar-refractivity contribution >= 4 is 17.7 Å². The van der Waals surface area contributed by atoms with E-state index in [0.717, 1.165) is 12.6 Å². The van der Waals surface area contributed by atoms with Crippen molar-refractivity contribution in [3.8, 4) is 0 Å². The molecule has 0 spiro atoms. The molecule has 2 heterocycles. The Bertz CT molecular complexity index is 578. The van der Waals surface area contributed by atoms with Crippen LogP contribution in [-0.4, -0.2) is 54.2 Å². The smallest absolute Gasteiger partial charge is 0.335 e. The van der Waals surface area contributed by atoms with Gasteiger partial charge in [-0.05, 0) is 18.2 Å². The highest BCUT2D eigenvalue weighted by molar-refractivity contribution is 5.96. The number of carbonyl (C=O) groups excluding carboxylic acids is 1. The van der Waals surface area contributed by atoms with Crippen molar-refractivity contribution in [3.05, 3.63) is 29.6 Å². The molecule has 0 aromatic heterocycles. The number of amides is 2. The third-order valence-corrected chi connectivity index (χ3v) is 3.71. The molecule has 1 aromatic rings. The third-order valence-electron chi connectivity index (χ3n) is 3.71. The van der Waals surface area contributed by atoms with Crippen LogP contribution in [0, 0.1) is 5.82 Å². The number of carbonyl (C=O) groups is 2. The number of halogens is 1. The molecule has 106 valence electrons. The quantitative estimate of drug-likeness (QED) is 0.837. The number of urea groups is 1.